The topological polar surface area (TPSA) is 38.5 Å². The fraction of sp³-hybridized carbons (Fsp3) is 0.571. The van der Waals surface area contributed by atoms with Gasteiger partial charge in [0, 0.05) is 31.2 Å². The highest BCUT2D eigenvalue weighted by Crippen LogP contribution is 2.22. The highest BCUT2D eigenvalue weighted by atomic mass is 35.5. The summed E-state index contributed by atoms with van der Waals surface area (Å²) in [5.74, 6) is 0. The van der Waals surface area contributed by atoms with Gasteiger partial charge in [-0.2, -0.15) is 0 Å². The summed E-state index contributed by atoms with van der Waals surface area (Å²) < 4.78 is 5.92. The van der Waals surface area contributed by atoms with Crippen molar-refractivity contribution in [1.29, 1.82) is 0 Å². The molecule has 0 spiro atoms. The number of rotatable bonds is 3. The largest absolute Gasteiger partial charge is 0.368 e. The Hall–Kier alpha value is -0.610. The molecule has 1 aromatic rings. The van der Waals surface area contributed by atoms with Crippen molar-refractivity contribution in [2.45, 2.75) is 32.1 Å². The van der Waals surface area contributed by atoms with E-state index in [1.54, 1.807) is 0 Å². The molecule has 1 saturated heterocycles. The summed E-state index contributed by atoms with van der Waals surface area (Å²) in [6.07, 6.45) is 0.126. The van der Waals surface area contributed by atoms with E-state index in [1.807, 2.05) is 12.1 Å². The third-order valence-electron chi connectivity index (χ3n) is 3.13. The van der Waals surface area contributed by atoms with Crippen molar-refractivity contribution in [2.24, 2.45) is 5.73 Å². The zero-order valence-corrected chi connectivity index (χ0v) is 11.8. The average Bonchev–Trinajstić information content (AvgIpc) is 2.30. The number of ether oxygens (including phenoxy) is 1. The second-order valence-corrected chi connectivity index (χ2v) is 5.97. The molecule has 0 saturated carbocycles. The van der Waals surface area contributed by atoms with Gasteiger partial charge in [0.25, 0.3) is 0 Å². The number of hydrogen-bond donors (Lipinski definition) is 1. The van der Waals surface area contributed by atoms with Crippen molar-refractivity contribution in [3.63, 3.8) is 0 Å². The molecular weight excluding hydrogens is 248 g/mol. The molecular formula is C14H21ClN2O. The molecule has 0 aliphatic carbocycles. The molecule has 1 aromatic carbocycles. The predicted molar refractivity (Wildman–Crippen MR) is 74.7 cm³/mol. The van der Waals surface area contributed by atoms with Crippen molar-refractivity contribution in [3.05, 3.63) is 34.9 Å². The summed E-state index contributed by atoms with van der Waals surface area (Å²) in [6, 6.07) is 8.01. The minimum absolute atomic E-state index is 0.126. The van der Waals surface area contributed by atoms with E-state index in [9.17, 15) is 0 Å². The molecule has 1 unspecified atom stereocenters. The quantitative estimate of drug-likeness (QED) is 0.914. The van der Waals surface area contributed by atoms with Crippen LogP contribution in [0.15, 0.2) is 24.3 Å². The Kier molecular flexibility index (Phi) is 4.28. The lowest BCUT2D eigenvalue weighted by Gasteiger charge is -2.42. The number of benzene rings is 1. The zero-order valence-electron chi connectivity index (χ0n) is 11.0. The summed E-state index contributed by atoms with van der Waals surface area (Å²) in [4.78, 5) is 2.39. The van der Waals surface area contributed by atoms with Gasteiger partial charge < -0.3 is 10.5 Å². The summed E-state index contributed by atoms with van der Waals surface area (Å²) in [5, 5.41) is 0.779. The number of halogens is 1. The Morgan fingerprint density at radius 3 is 2.67 bits per heavy atom. The summed E-state index contributed by atoms with van der Waals surface area (Å²) in [7, 11) is 0. The molecule has 0 radical (unpaired) electrons. The van der Waals surface area contributed by atoms with Crippen molar-refractivity contribution < 1.29 is 4.74 Å². The van der Waals surface area contributed by atoms with Gasteiger partial charge in [-0.3, -0.25) is 4.90 Å². The molecule has 1 fully saturated rings. The van der Waals surface area contributed by atoms with Crippen LogP contribution in [0.2, 0.25) is 5.02 Å². The minimum atomic E-state index is -0.130. The molecule has 1 heterocycles. The fourth-order valence-corrected chi connectivity index (χ4v) is 2.63. The molecule has 0 amide bonds. The SMILES string of the molecule is CC1(C)CN(Cc2ccc(Cl)cc2)CC(CN)O1. The van der Waals surface area contributed by atoms with Crippen LogP contribution in [0.4, 0.5) is 0 Å². The van der Waals surface area contributed by atoms with Gasteiger partial charge in [0.1, 0.15) is 0 Å². The maximum atomic E-state index is 5.92. The van der Waals surface area contributed by atoms with E-state index in [1.165, 1.54) is 5.56 Å². The first-order valence-electron chi connectivity index (χ1n) is 6.33. The first kappa shape index (κ1) is 13.8. The Labute approximate surface area is 114 Å². The Balaban J connectivity index is 2.02. The maximum Gasteiger partial charge on any atom is 0.0831 e. The number of nitrogens with two attached hydrogens (primary N) is 1. The lowest BCUT2D eigenvalue weighted by atomic mass is 10.0. The minimum Gasteiger partial charge on any atom is -0.368 e. The van der Waals surface area contributed by atoms with Crippen LogP contribution in [0, 0.1) is 0 Å². The highest BCUT2D eigenvalue weighted by Gasteiger charge is 2.32. The second kappa shape index (κ2) is 5.57. The van der Waals surface area contributed by atoms with Crippen LogP contribution < -0.4 is 5.73 Å². The summed E-state index contributed by atoms with van der Waals surface area (Å²) in [6.45, 7) is 7.53. The average molecular weight is 269 g/mol. The molecule has 2 rings (SSSR count). The first-order valence-corrected chi connectivity index (χ1v) is 6.71. The van der Waals surface area contributed by atoms with Crippen molar-refractivity contribution >= 4 is 11.6 Å². The van der Waals surface area contributed by atoms with Crippen LogP contribution in [0.3, 0.4) is 0 Å². The van der Waals surface area contributed by atoms with Crippen LogP contribution in [-0.2, 0) is 11.3 Å². The second-order valence-electron chi connectivity index (χ2n) is 5.53. The van der Waals surface area contributed by atoms with E-state index in [2.05, 4.69) is 30.9 Å². The molecule has 1 aliphatic rings. The van der Waals surface area contributed by atoms with E-state index in [4.69, 9.17) is 22.1 Å². The standard InChI is InChI=1S/C14H21ClN2O/c1-14(2)10-17(9-13(7-16)18-14)8-11-3-5-12(15)6-4-11/h3-6,13H,7-10,16H2,1-2H3. The predicted octanol–water partition coefficient (Wildman–Crippen LogP) is 2.28. The van der Waals surface area contributed by atoms with Crippen LogP contribution in [0.25, 0.3) is 0 Å². The van der Waals surface area contributed by atoms with Gasteiger partial charge in [0.05, 0.1) is 11.7 Å². The third kappa shape index (κ3) is 3.69. The molecule has 4 heteroatoms. The van der Waals surface area contributed by atoms with Gasteiger partial charge in [-0.05, 0) is 31.5 Å². The van der Waals surface area contributed by atoms with Crippen LogP contribution in [0.5, 0.6) is 0 Å². The molecule has 1 aliphatic heterocycles. The van der Waals surface area contributed by atoms with Crippen LogP contribution >= 0.6 is 11.6 Å². The zero-order chi connectivity index (χ0) is 13.2. The van der Waals surface area contributed by atoms with Gasteiger partial charge in [-0.15, -0.1) is 0 Å². The van der Waals surface area contributed by atoms with Gasteiger partial charge in [-0.25, -0.2) is 0 Å². The van der Waals surface area contributed by atoms with Gasteiger partial charge in [0.15, 0.2) is 0 Å². The van der Waals surface area contributed by atoms with Crippen LogP contribution in [0.1, 0.15) is 19.4 Å². The lowest BCUT2D eigenvalue weighted by molar-refractivity contribution is -0.133. The van der Waals surface area contributed by atoms with E-state index >= 15 is 0 Å². The number of hydrogen-bond acceptors (Lipinski definition) is 3. The monoisotopic (exact) mass is 268 g/mol. The Morgan fingerprint density at radius 1 is 1.39 bits per heavy atom. The number of morpholine rings is 1. The first-order chi connectivity index (χ1) is 8.48. The number of nitrogens with zero attached hydrogens (tertiary/aromatic N) is 1. The van der Waals surface area contributed by atoms with E-state index in [0.29, 0.717) is 6.54 Å². The molecule has 2 N–H and O–H groups in total. The molecule has 100 valence electrons. The summed E-state index contributed by atoms with van der Waals surface area (Å²) >= 11 is 5.90. The highest BCUT2D eigenvalue weighted by molar-refractivity contribution is 6.30. The lowest BCUT2D eigenvalue weighted by Crippen LogP contribution is -2.54. The van der Waals surface area contributed by atoms with E-state index in [-0.39, 0.29) is 11.7 Å². The van der Waals surface area contributed by atoms with E-state index < -0.39 is 0 Å². The Morgan fingerprint density at radius 2 is 2.06 bits per heavy atom. The molecule has 0 aromatic heterocycles. The van der Waals surface area contributed by atoms with Crippen molar-refractivity contribution in [2.75, 3.05) is 19.6 Å². The third-order valence-corrected chi connectivity index (χ3v) is 3.39. The molecule has 0 bridgehead atoms. The normalized spacial score (nSPS) is 24.1. The van der Waals surface area contributed by atoms with Gasteiger partial charge in [-0.1, -0.05) is 23.7 Å². The van der Waals surface area contributed by atoms with E-state index in [0.717, 1.165) is 24.7 Å². The van der Waals surface area contributed by atoms with Crippen molar-refractivity contribution in [3.8, 4) is 0 Å². The van der Waals surface area contributed by atoms with Gasteiger partial charge >= 0.3 is 0 Å². The molecule has 3 nitrogen and oxygen atoms in total. The van der Waals surface area contributed by atoms with Gasteiger partial charge in [0.2, 0.25) is 0 Å². The molecule has 18 heavy (non-hydrogen) atoms. The fourth-order valence-electron chi connectivity index (χ4n) is 2.51. The Bertz CT molecular complexity index is 391. The van der Waals surface area contributed by atoms with Crippen LogP contribution in [-0.4, -0.2) is 36.2 Å². The van der Waals surface area contributed by atoms with Crippen molar-refractivity contribution in [1.82, 2.24) is 4.90 Å². The maximum absolute atomic E-state index is 5.92. The molecule has 1 atom stereocenters. The smallest absolute Gasteiger partial charge is 0.0831 e. The summed E-state index contributed by atoms with van der Waals surface area (Å²) in [5.41, 5.74) is 6.87.